The molecule has 0 aliphatic carbocycles. The molecule has 0 aromatic carbocycles. The molecule has 18 heavy (non-hydrogen) atoms. The Morgan fingerprint density at radius 3 is 2.50 bits per heavy atom. The van der Waals surface area contributed by atoms with Crippen molar-refractivity contribution in [3.63, 3.8) is 0 Å². The van der Waals surface area contributed by atoms with Crippen molar-refractivity contribution in [2.24, 2.45) is 5.73 Å². The average molecular weight is 252 g/mol. The van der Waals surface area contributed by atoms with Gasteiger partial charge in [0.05, 0.1) is 5.54 Å². The first-order chi connectivity index (χ1) is 8.16. The first kappa shape index (κ1) is 14.7. The van der Waals surface area contributed by atoms with Gasteiger partial charge >= 0.3 is 0 Å². The summed E-state index contributed by atoms with van der Waals surface area (Å²) in [4.78, 5) is 12.0. The second kappa shape index (κ2) is 5.10. The topological polar surface area (TPSA) is 83.8 Å². The van der Waals surface area contributed by atoms with Gasteiger partial charge in [-0.1, -0.05) is 34.1 Å². The number of nitrogens with one attached hydrogen (secondary N) is 2. The highest BCUT2D eigenvalue weighted by molar-refractivity contribution is 5.96. The van der Waals surface area contributed by atoms with E-state index < -0.39 is 5.54 Å². The minimum atomic E-state index is -0.852. The molecule has 0 aliphatic heterocycles. The van der Waals surface area contributed by atoms with Gasteiger partial charge in [-0.05, 0) is 13.3 Å². The molecule has 5 heteroatoms. The minimum absolute atomic E-state index is 0.0224. The number of amides is 1. The summed E-state index contributed by atoms with van der Waals surface area (Å²) in [5, 5.41) is 9.77. The SMILES string of the molecule is CCCC(C)(N)C(=O)Nc1cc(C(C)(C)C)[nH]n1. The van der Waals surface area contributed by atoms with E-state index in [0.29, 0.717) is 12.2 Å². The normalized spacial score (nSPS) is 15.2. The molecule has 0 saturated carbocycles. The van der Waals surface area contributed by atoms with Gasteiger partial charge in [0, 0.05) is 17.2 Å². The Morgan fingerprint density at radius 1 is 1.44 bits per heavy atom. The molecule has 4 N–H and O–H groups in total. The smallest absolute Gasteiger partial charge is 0.245 e. The average Bonchev–Trinajstić information content (AvgIpc) is 2.65. The van der Waals surface area contributed by atoms with E-state index in [2.05, 4.69) is 36.3 Å². The van der Waals surface area contributed by atoms with Gasteiger partial charge in [0.15, 0.2) is 5.82 Å². The third-order valence-electron chi connectivity index (χ3n) is 2.92. The molecule has 102 valence electrons. The monoisotopic (exact) mass is 252 g/mol. The Hall–Kier alpha value is -1.36. The summed E-state index contributed by atoms with van der Waals surface area (Å²) in [7, 11) is 0. The predicted molar refractivity (Wildman–Crippen MR) is 73.4 cm³/mol. The molecule has 5 nitrogen and oxygen atoms in total. The van der Waals surface area contributed by atoms with Crippen molar-refractivity contribution in [1.82, 2.24) is 10.2 Å². The number of hydrogen-bond acceptors (Lipinski definition) is 3. The Balaban J connectivity index is 2.74. The summed E-state index contributed by atoms with van der Waals surface area (Å²) in [6, 6.07) is 1.85. The van der Waals surface area contributed by atoms with Crippen molar-refractivity contribution >= 4 is 11.7 Å². The Bertz CT molecular complexity index is 415. The molecule has 1 heterocycles. The summed E-state index contributed by atoms with van der Waals surface area (Å²) < 4.78 is 0. The zero-order valence-corrected chi connectivity index (χ0v) is 11.9. The van der Waals surface area contributed by atoms with Crippen molar-refractivity contribution < 1.29 is 4.79 Å². The number of rotatable bonds is 4. The van der Waals surface area contributed by atoms with Gasteiger partial charge in [0.2, 0.25) is 5.91 Å². The molecule has 1 aromatic heterocycles. The molecule has 0 spiro atoms. The molecule has 1 unspecified atom stereocenters. The second-order valence-corrected chi connectivity index (χ2v) is 6.04. The number of H-pyrrole nitrogens is 1. The lowest BCUT2D eigenvalue weighted by molar-refractivity contribution is -0.120. The highest BCUT2D eigenvalue weighted by Crippen LogP contribution is 2.22. The molecule has 0 bridgehead atoms. The van der Waals surface area contributed by atoms with Crippen LogP contribution in [0.4, 0.5) is 5.82 Å². The maximum atomic E-state index is 12.0. The van der Waals surface area contributed by atoms with Crippen LogP contribution in [0.15, 0.2) is 6.07 Å². The van der Waals surface area contributed by atoms with E-state index in [4.69, 9.17) is 5.73 Å². The fourth-order valence-electron chi connectivity index (χ4n) is 1.66. The van der Waals surface area contributed by atoms with Gasteiger partial charge in [0.25, 0.3) is 0 Å². The lowest BCUT2D eigenvalue weighted by atomic mass is 9.92. The minimum Gasteiger partial charge on any atom is -0.318 e. The highest BCUT2D eigenvalue weighted by Gasteiger charge is 2.28. The predicted octanol–water partition coefficient (Wildman–Crippen LogP) is 2.16. The molecule has 0 aliphatic rings. The Labute approximate surface area is 109 Å². The van der Waals surface area contributed by atoms with Crippen molar-refractivity contribution in [3.8, 4) is 0 Å². The quantitative estimate of drug-likeness (QED) is 0.767. The van der Waals surface area contributed by atoms with Crippen molar-refractivity contribution in [2.75, 3.05) is 5.32 Å². The first-order valence-electron chi connectivity index (χ1n) is 6.33. The fraction of sp³-hybridized carbons (Fsp3) is 0.692. The van der Waals surface area contributed by atoms with Gasteiger partial charge in [0.1, 0.15) is 0 Å². The maximum absolute atomic E-state index is 12.0. The van der Waals surface area contributed by atoms with E-state index in [1.807, 2.05) is 13.0 Å². The van der Waals surface area contributed by atoms with Crippen LogP contribution in [0, 0.1) is 0 Å². The summed E-state index contributed by atoms with van der Waals surface area (Å²) in [5.41, 5.74) is 6.07. The third-order valence-corrected chi connectivity index (χ3v) is 2.92. The van der Waals surface area contributed by atoms with Gasteiger partial charge in [-0.3, -0.25) is 9.89 Å². The number of nitrogens with two attached hydrogens (primary N) is 1. The first-order valence-corrected chi connectivity index (χ1v) is 6.33. The molecule has 0 fully saturated rings. The van der Waals surface area contributed by atoms with Crippen LogP contribution in [0.5, 0.6) is 0 Å². The van der Waals surface area contributed by atoms with Gasteiger partial charge in [-0.2, -0.15) is 5.10 Å². The number of aromatic amines is 1. The third kappa shape index (κ3) is 3.57. The van der Waals surface area contributed by atoms with Crippen LogP contribution in [0.3, 0.4) is 0 Å². The van der Waals surface area contributed by atoms with Gasteiger partial charge in [-0.25, -0.2) is 0 Å². The molecule has 1 rings (SSSR count). The van der Waals surface area contributed by atoms with Crippen LogP contribution < -0.4 is 11.1 Å². The second-order valence-electron chi connectivity index (χ2n) is 6.04. The molecule has 0 saturated heterocycles. The Morgan fingerprint density at radius 2 is 2.06 bits per heavy atom. The van der Waals surface area contributed by atoms with E-state index in [-0.39, 0.29) is 11.3 Å². The highest BCUT2D eigenvalue weighted by atomic mass is 16.2. The molecule has 1 amide bonds. The van der Waals surface area contributed by atoms with Crippen LogP contribution in [-0.2, 0) is 10.2 Å². The Kier molecular flexibility index (Phi) is 4.16. The van der Waals surface area contributed by atoms with Crippen molar-refractivity contribution in [3.05, 3.63) is 11.8 Å². The van der Waals surface area contributed by atoms with Crippen LogP contribution in [0.25, 0.3) is 0 Å². The van der Waals surface area contributed by atoms with Gasteiger partial charge < -0.3 is 11.1 Å². The summed E-state index contributed by atoms with van der Waals surface area (Å²) in [5.74, 6) is 0.328. The van der Waals surface area contributed by atoms with Crippen LogP contribution in [0.1, 0.15) is 53.2 Å². The number of carbonyl (C=O) groups excluding carboxylic acids is 1. The summed E-state index contributed by atoms with van der Waals surface area (Å²) in [6.45, 7) is 9.98. The lowest BCUT2D eigenvalue weighted by Crippen LogP contribution is -2.48. The van der Waals surface area contributed by atoms with Crippen LogP contribution in [0.2, 0.25) is 0 Å². The van der Waals surface area contributed by atoms with Gasteiger partial charge in [-0.15, -0.1) is 0 Å². The number of carbonyl (C=O) groups is 1. The standard InChI is InChI=1S/C13H24N4O/c1-6-7-13(5,14)11(18)15-10-8-9(16-17-10)12(2,3)4/h8H,6-7,14H2,1-5H3,(H2,15,16,17,18). The molecular formula is C13H24N4O. The number of aromatic nitrogens is 2. The van der Waals surface area contributed by atoms with E-state index in [1.165, 1.54) is 0 Å². The van der Waals surface area contributed by atoms with Crippen molar-refractivity contribution in [2.45, 2.75) is 58.4 Å². The zero-order valence-electron chi connectivity index (χ0n) is 11.9. The number of anilines is 1. The molecule has 1 aromatic rings. The number of hydrogen-bond donors (Lipinski definition) is 3. The van der Waals surface area contributed by atoms with E-state index >= 15 is 0 Å². The molecular weight excluding hydrogens is 228 g/mol. The van der Waals surface area contributed by atoms with E-state index in [0.717, 1.165) is 12.1 Å². The number of nitrogens with zero attached hydrogens (tertiary/aromatic N) is 1. The maximum Gasteiger partial charge on any atom is 0.245 e. The molecule has 1 atom stereocenters. The van der Waals surface area contributed by atoms with Crippen LogP contribution in [-0.4, -0.2) is 21.6 Å². The summed E-state index contributed by atoms with van der Waals surface area (Å²) in [6.07, 6.45) is 1.52. The van der Waals surface area contributed by atoms with Crippen molar-refractivity contribution in [1.29, 1.82) is 0 Å². The largest absolute Gasteiger partial charge is 0.318 e. The summed E-state index contributed by atoms with van der Waals surface area (Å²) >= 11 is 0. The van der Waals surface area contributed by atoms with E-state index in [1.54, 1.807) is 6.92 Å². The fourth-order valence-corrected chi connectivity index (χ4v) is 1.66. The lowest BCUT2D eigenvalue weighted by Gasteiger charge is -2.21. The van der Waals surface area contributed by atoms with Crippen LogP contribution >= 0.6 is 0 Å². The van der Waals surface area contributed by atoms with E-state index in [9.17, 15) is 4.79 Å². The molecule has 0 radical (unpaired) electrons. The zero-order chi connectivity index (χ0) is 14.0.